The highest BCUT2D eigenvalue weighted by Gasteiger charge is 2.17. The molecule has 0 amide bonds. The summed E-state index contributed by atoms with van der Waals surface area (Å²) in [5.41, 5.74) is 0.863. The number of hydrogen-bond acceptors (Lipinski definition) is 2. The van der Waals surface area contributed by atoms with Gasteiger partial charge in [0.1, 0.15) is 5.76 Å². The summed E-state index contributed by atoms with van der Waals surface area (Å²) < 4.78 is 4.81. The van der Waals surface area contributed by atoms with Crippen LogP contribution in [0, 0.1) is 0 Å². The Labute approximate surface area is 73.4 Å². The molecule has 1 heterocycles. The molecule has 58 valence electrons. The maximum Gasteiger partial charge on any atom is 0.336 e. The Bertz CT molecular complexity index is 251. The Balaban J connectivity index is 2.82. The van der Waals surface area contributed by atoms with E-state index in [-0.39, 0.29) is 5.97 Å². The molecule has 0 bridgehead atoms. The first-order chi connectivity index (χ1) is 5.27. The van der Waals surface area contributed by atoms with Gasteiger partial charge in [-0.05, 0) is 6.42 Å². The van der Waals surface area contributed by atoms with E-state index in [4.69, 9.17) is 4.74 Å². The van der Waals surface area contributed by atoms with Crippen LogP contribution >= 0.6 is 15.9 Å². The van der Waals surface area contributed by atoms with Gasteiger partial charge in [-0.3, -0.25) is 0 Å². The average Bonchev–Trinajstić information content (AvgIpc) is 2.32. The lowest BCUT2D eigenvalue weighted by molar-refractivity contribution is -0.132. The topological polar surface area (TPSA) is 26.3 Å². The van der Waals surface area contributed by atoms with Gasteiger partial charge in [0.25, 0.3) is 0 Å². The summed E-state index contributed by atoms with van der Waals surface area (Å²) in [4.78, 5) is 12.3. The van der Waals surface area contributed by atoms with E-state index in [1.807, 2.05) is 0 Å². The fraction of sp³-hybridized carbons (Fsp3) is 0.125. The molecule has 1 aliphatic rings. The van der Waals surface area contributed by atoms with Gasteiger partial charge in [-0.15, -0.1) is 6.58 Å². The third-order valence-electron chi connectivity index (χ3n) is 1.28. The zero-order valence-corrected chi connectivity index (χ0v) is 7.43. The molecule has 3 heteroatoms. The van der Waals surface area contributed by atoms with Crippen LogP contribution in [0.3, 0.4) is 0 Å². The number of allylic oxidation sites excluding steroid dienone is 2. The van der Waals surface area contributed by atoms with Crippen molar-refractivity contribution in [3.63, 3.8) is 0 Å². The molecule has 0 radical (unpaired) electrons. The lowest BCUT2D eigenvalue weighted by atomic mass is 10.2. The molecule has 1 rings (SSSR count). The average molecular weight is 215 g/mol. The number of esters is 1. The molecule has 0 spiro atoms. The molecular formula is C8H7BrO2. The van der Waals surface area contributed by atoms with Gasteiger partial charge in [-0.25, -0.2) is 4.79 Å². The van der Waals surface area contributed by atoms with Crippen molar-refractivity contribution in [3.8, 4) is 0 Å². The maximum absolute atomic E-state index is 10.7. The lowest BCUT2D eigenvalue weighted by Crippen LogP contribution is -1.89. The summed E-state index contributed by atoms with van der Waals surface area (Å²) in [6, 6.07) is 0. The molecule has 0 saturated carbocycles. The van der Waals surface area contributed by atoms with Crippen molar-refractivity contribution in [1.82, 2.24) is 0 Å². The van der Waals surface area contributed by atoms with E-state index in [1.165, 1.54) is 6.08 Å². The molecule has 1 aliphatic heterocycles. The summed E-state index contributed by atoms with van der Waals surface area (Å²) >= 11 is 3.10. The van der Waals surface area contributed by atoms with E-state index >= 15 is 0 Å². The Kier molecular flexibility index (Phi) is 2.65. The first-order valence-corrected chi connectivity index (χ1v) is 4.03. The predicted molar refractivity (Wildman–Crippen MR) is 46.0 cm³/mol. The molecule has 11 heavy (non-hydrogen) atoms. The number of carbonyl (C=O) groups excluding carboxylic acids is 1. The van der Waals surface area contributed by atoms with Crippen LogP contribution in [0.2, 0.25) is 0 Å². The summed E-state index contributed by atoms with van der Waals surface area (Å²) in [5, 5.41) is 0. The molecule has 0 unspecified atom stereocenters. The summed E-state index contributed by atoms with van der Waals surface area (Å²) in [6.07, 6.45) is 3.85. The van der Waals surface area contributed by atoms with Gasteiger partial charge in [0.2, 0.25) is 0 Å². The van der Waals surface area contributed by atoms with Gasteiger partial charge in [0, 0.05) is 16.6 Å². The van der Waals surface area contributed by atoms with Crippen LogP contribution in [0.5, 0.6) is 0 Å². The minimum atomic E-state index is -0.312. The fourth-order valence-electron chi connectivity index (χ4n) is 0.824. The SMILES string of the molecule is C=CCC1=CC(=O)OC1=CBr. The van der Waals surface area contributed by atoms with Crippen LogP contribution in [0.4, 0.5) is 0 Å². The zero-order chi connectivity index (χ0) is 8.27. The number of ether oxygens (including phenoxy) is 1. The molecule has 0 aromatic carbocycles. The second kappa shape index (κ2) is 3.53. The number of halogens is 1. The van der Waals surface area contributed by atoms with Crippen LogP contribution < -0.4 is 0 Å². The van der Waals surface area contributed by atoms with Crippen LogP contribution in [-0.2, 0) is 9.53 Å². The summed E-state index contributed by atoms with van der Waals surface area (Å²) in [5.74, 6) is 0.266. The van der Waals surface area contributed by atoms with Crippen molar-refractivity contribution in [2.24, 2.45) is 0 Å². The Morgan fingerprint density at radius 1 is 1.73 bits per heavy atom. The number of carbonyl (C=O) groups is 1. The van der Waals surface area contributed by atoms with E-state index in [1.54, 1.807) is 11.1 Å². The van der Waals surface area contributed by atoms with Crippen molar-refractivity contribution in [2.75, 3.05) is 0 Å². The van der Waals surface area contributed by atoms with Crippen molar-refractivity contribution in [1.29, 1.82) is 0 Å². The third-order valence-corrected chi connectivity index (χ3v) is 1.70. The standard InChI is InChI=1S/C8H7BrO2/c1-2-3-6-4-8(10)11-7(6)5-9/h2,4-5H,1,3H2. The smallest absolute Gasteiger partial charge is 0.336 e. The molecule has 0 saturated heterocycles. The van der Waals surface area contributed by atoms with Gasteiger partial charge in [-0.2, -0.15) is 0 Å². The largest absolute Gasteiger partial charge is 0.422 e. The molecule has 0 fully saturated rings. The van der Waals surface area contributed by atoms with Crippen molar-refractivity contribution in [3.05, 3.63) is 35.0 Å². The first kappa shape index (κ1) is 8.27. The van der Waals surface area contributed by atoms with E-state index in [0.717, 1.165) is 5.57 Å². The molecule has 2 nitrogen and oxygen atoms in total. The Morgan fingerprint density at radius 2 is 2.45 bits per heavy atom. The van der Waals surface area contributed by atoms with Crippen LogP contribution in [0.15, 0.2) is 35.0 Å². The Morgan fingerprint density at radius 3 is 3.00 bits per heavy atom. The normalized spacial score (nSPS) is 19.9. The highest BCUT2D eigenvalue weighted by atomic mass is 79.9. The third kappa shape index (κ3) is 1.80. The van der Waals surface area contributed by atoms with Gasteiger partial charge in [-0.1, -0.05) is 22.0 Å². The van der Waals surface area contributed by atoms with Crippen LogP contribution in [0.25, 0.3) is 0 Å². The van der Waals surface area contributed by atoms with Crippen molar-refractivity contribution in [2.45, 2.75) is 6.42 Å². The number of cyclic esters (lactones) is 1. The molecule has 0 aromatic rings. The number of rotatable bonds is 2. The highest BCUT2D eigenvalue weighted by Crippen LogP contribution is 2.23. The lowest BCUT2D eigenvalue weighted by Gasteiger charge is -1.97. The summed E-state index contributed by atoms with van der Waals surface area (Å²) in [6.45, 7) is 3.57. The van der Waals surface area contributed by atoms with E-state index < -0.39 is 0 Å². The number of hydrogen-bond donors (Lipinski definition) is 0. The fourth-order valence-corrected chi connectivity index (χ4v) is 1.21. The van der Waals surface area contributed by atoms with Crippen LogP contribution in [0.1, 0.15) is 6.42 Å². The van der Waals surface area contributed by atoms with Crippen molar-refractivity contribution >= 4 is 21.9 Å². The minimum absolute atomic E-state index is 0.312. The van der Waals surface area contributed by atoms with E-state index in [2.05, 4.69) is 22.5 Å². The maximum atomic E-state index is 10.7. The molecule has 0 aliphatic carbocycles. The molecule has 0 aromatic heterocycles. The van der Waals surface area contributed by atoms with Gasteiger partial charge in [0.15, 0.2) is 0 Å². The first-order valence-electron chi connectivity index (χ1n) is 3.12. The summed E-state index contributed by atoms with van der Waals surface area (Å²) in [7, 11) is 0. The van der Waals surface area contributed by atoms with Crippen LogP contribution in [-0.4, -0.2) is 5.97 Å². The predicted octanol–water partition coefficient (Wildman–Crippen LogP) is 2.28. The van der Waals surface area contributed by atoms with Crippen molar-refractivity contribution < 1.29 is 9.53 Å². The van der Waals surface area contributed by atoms with Gasteiger partial charge < -0.3 is 4.74 Å². The van der Waals surface area contributed by atoms with E-state index in [0.29, 0.717) is 12.2 Å². The molecule has 0 atom stereocenters. The van der Waals surface area contributed by atoms with E-state index in [9.17, 15) is 4.79 Å². The zero-order valence-electron chi connectivity index (χ0n) is 5.84. The highest BCUT2D eigenvalue weighted by molar-refractivity contribution is 9.11. The second-order valence-corrected chi connectivity index (χ2v) is 2.51. The van der Waals surface area contributed by atoms with Gasteiger partial charge in [0.05, 0.1) is 0 Å². The van der Waals surface area contributed by atoms with Gasteiger partial charge >= 0.3 is 5.97 Å². The second-order valence-electron chi connectivity index (χ2n) is 2.06. The molecule has 0 N–H and O–H groups in total. The molecular weight excluding hydrogens is 208 g/mol. The Hall–Kier alpha value is -0.830. The minimum Gasteiger partial charge on any atom is -0.422 e. The monoisotopic (exact) mass is 214 g/mol. The quantitative estimate of drug-likeness (QED) is 0.521.